The number of hydrogen-bond acceptors (Lipinski definition) is 2. The molecular formula is C6H5ClN2. The fourth-order valence-corrected chi connectivity index (χ4v) is 0.815. The van der Waals surface area contributed by atoms with Crippen LogP contribution in [0.2, 0.25) is 0 Å². The van der Waals surface area contributed by atoms with E-state index in [4.69, 9.17) is 16.9 Å². The Morgan fingerprint density at radius 3 is 3.11 bits per heavy atom. The number of aliphatic imine (C=N–C) groups is 1. The molecule has 3 heteroatoms. The van der Waals surface area contributed by atoms with Crippen molar-refractivity contribution in [3.05, 3.63) is 11.1 Å². The van der Waals surface area contributed by atoms with Gasteiger partial charge in [-0.2, -0.15) is 5.26 Å². The Bertz CT molecular complexity index is 200. The Hall–Kier alpha value is -0.810. The topological polar surface area (TPSA) is 36.1 Å². The second-order valence-corrected chi connectivity index (χ2v) is 2.25. The monoisotopic (exact) mass is 140 g/mol. The molecule has 46 valence electrons. The van der Waals surface area contributed by atoms with E-state index in [0.717, 1.165) is 0 Å². The fraction of sp³-hybridized carbons (Fsp3) is 0.333. The zero-order valence-electron chi connectivity index (χ0n) is 4.71. The molecule has 9 heavy (non-hydrogen) atoms. The minimum atomic E-state index is -0.262. The summed E-state index contributed by atoms with van der Waals surface area (Å²) < 4.78 is 0. The zero-order chi connectivity index (χ0) is 6.69. The van der Waals surface area contributed by atoms with Crippen molar-refractivity contribution in [3.8, 4) is 6.07 Å². The highest BCUT2D eigenvalue weighted by Crippen LogP contribution is 2.14. The van der Waals surface area contributed by atoms with Crippen LogP contribution in [0.5, 0.6) is 0 Å². The fourth-order valence-electron chi connectivity index (χ4n) is 0.612. The third kappa shape index (κ3) is 1.55. The van der Waals surface area contributed by atoms with Crippen LogP contribution in [0.3, 0.4) is 0 Å². The lowest BCUT2D eigenvalue weighted by molar-refractivity contribution is 0.836. The zero-order valence-corrected chi connectivity index (χ0v) is 5.47. The van der Waals surface area contributed by atoms with Gasteiger partial charge in [-0.25, -0.2) is 0 Å². The van der Waals surface area contributed by atoms with Crippen molar-refractivity contribution >= 4 is 17.8 Å². The highest BCUT2D eigenvalue weighted by atomic mass is 35.5. The van der Waals surface area contributed by atoms with Crippen molar-refractivity contribution in [3.63, 3.8) is 0 Å². The molecule has 1 atom stereocenters. The SMILES string of the molecule is N#C[C@H]1CC(Cl)=CC=N1. The molecular weight excluding hydrogens is 136 g/mol. The molecule has 1 aliphatic rings. The molecule has 0 bridgehead atoms. The Labute approximate surface area is 58.5 Å². The number of nitrogens with zero attached hydrogens (tertiary/aromatic N) is 2. The van der Waals surface area contributed by atoms with Gasteiger partial charge in [0.15, 0.2) is 0 Å². The Balaban J connectivity index is 2.64. The molecule has 1 heterocycles. The van der Waals surface area contributed by atoms with Crippen LogP contribution in [-0.2, 0) is 0 Å². The molecule has 2 nitrogen and oxygen atoms in total. The molecule has 0 saturated carbocycles. The third-order valence-corrected chi connectivity index (χ3v) is 1.34. The number of hydrogen-bond donors (Lipinski definition) is 0. The predicted octanol–water partition coefficient (Wildman–Crippen LogP) is 1.48. The van der Waals surface area contributed by atoms with E-state index in [-0.39, 0.29) is 6.04 Å². The highest BCUT2D eigenvalue weighted by molar-refractivity contribution is 6.30. The lowest BCUT2D eigenvalue weighted by Gasteiger charge is -2.04. The van der Waals surface area contributed by atoms with E-state index in [1.54, 1.807) is 12.3 Å². The molecule has 0 amide bonds. The van der Waals surface area contributed by atoms with Crippen LogP contribution in [0.25, 0.3) is 0 Å². The second-order valence-electron chi connectivity index (χ2n) is 1.76. The van der Waals surface area contributed by atoms with E-state index in [1.807, 2.05) is 6.07 Å². The average Bonchev–Trinajstić information content (AvgIpc) is 1.88. The van der Waals surface area contributed by atoms with Crippen LogP contribution < -0.4 is 0 Å². The van der Waals surface area contributed by atoms with Crippen LogP contribution >= 0.6 is 11.6 Å². The summed E-state index contributed by atoms with van der Waals surface area (Å²) in [6, 6.07) is 1.75. The van der Waals surface area contributed by atoms with Crippen molar-refractivity contribution in [1.82, 2.24) is 0 Å². The quantitative estimate of drug-likeness (QED) is 0.502. The molecule has 0 spiro atoms. The number of allylic oxidation sites excluding steroid dienone is 1. The summed E-state index contributed by atoms with van der Waals surface area (Å²) in [6.45, 7) is 0. The van der Waals surface area contributed by atoms with E-state index in [9.17, 15) is 0 Å². The van der Waals surface area contributed by atoms with Crippen LogP contribution in [-0.4, -0.2) is 12.3 Å². The van der Waals surface area contributed by atoms with E-state index in [1.165, 1.54) is 0 Å². The van der Waals surface area contributed by atoms with Gasteiger partial charge in [0.2, 0.25) is 0 Å². The first-order valence-electron chi connectivity index (χ1n) is 2.60. The Morgan fingerprint density at radius 2 is 2.67 bits per heavy atom. The van der Waals surface area contributed by atoms with Crippen LogP contribution in [0.4, 0.5) is 0 Å². The van der Waals surface area contributed by atoms with E-state index in [0.29, 0.717) is 11.5 Å². The molecule has 1 rings (SSSR count). The van der Waals surface area contributed by atoms with Gasteiger partial charge in [0.1, 0.15) is 6.04 Å². The minimum Gasteiger partial charge on any atom is -0.274 e. The normalized spacial score (nSPS) is 24.9. The van der Waals surface area contributed by atoms with Gasteiger partial charge in [-0.05, 0) is 6.08 Å². The standard InChI is InChI=1S/C6H5ClN2/c7-5-1-2-9-6(3-5)4-8/h1-2,6H,3H2/t6-/m1/s1. The highest BCUT2D eigenvalue weighted by Gasteiger charge is 2.08. The molecule has 0 saturated heterocycles. The summed E-state index contributed by atoms with van der Waals surface area (Å²) in [5.74, 6) is 0. The molecule has 0 N–H and O–H groups in total. The molecule has 0 aromatic carbocycles. The van der Waals surface area contributed by atoms with Gasteiger partial charge in [0.25, 0.3) is 0 Å². The first kappa shape index (κ1) is 6.31. The number of rotatable bonds is 0. The van der Waals surface area contributed by atoms with E-state index >= 15 is 0 Å². The van der Waals surface area contributed by atoms with Gasteiger partial charge >= 0.3 is 0 Å². The van der Waals surface area contributed by atoms with Gasteiger partial charge in [0, 0.05) is 17.7 Å². The largest absolute Gasteiger partial charge is 0.274 e. The summed E-state index contributed by atoms with van der Waals surface area (Å²) >= 11 is 5.61. The summed E-state index contributed by atoms with van der Waals surface area (Å²) in [4.78, 5) is 3.85. The van der Waals surface area contributed by atoms with E-state index in [2.05, 4.69) is 4.99 Å². The predicted molar refractivity (Wildman–Crippen MR) is 36.4 cm³/mol. The number of nitriles is 1. The number of dihydropyridines is 1. The first-order chi connectivity index (χ1) is 4.33. The van der Waals surface area contributed by atoms with Crippen molar-refractivity contribution in [2.45, 2.75) is 12.5 Å². The van der Waals surface area contributed by atoms with Gasteiger partial charge < -0.3 is 0 Å². The maximum absolute atomic E-state index is 8.36. The van der Waals surface area contributed by atoms with Crippen molar-refractivity contribution in [2.75, 3.05) is 0 Å². The third-order valence-electron chi connectivity index (χ3n) is 1.06. The average molecular weight is 141 g/mol. The van der Waals surface area contributed by atoms with Crippen LogP contribution in [0.15, 0.2) is 16.1 Å². The molecule has 0 aromatic rings. The van der Waals surface area contributed by atoms with Crippen molar-refractivity contribution in [2.24, 2.45) is 4.99 Å². The second kappa shape index (κ2) is 2.65. The van der Waals surface area contributed by atoms with E-state index < -0.39 is 0 Å². The molecule has 0 radical (unpaired) electrons. The van der Waals surface area contributed by atoms with Crippen molar-refractivity contribution in [1.29, 1.82) is 5.26 Å². The van der Waals surface area contributed by atoms with Crippen LogP contribution in [0.1, 0.15) is 6.42 Å². The Kier molecular flexibility index (Phi) is 1.86. The van der Waals surface area contributed by atoms with Gasteiger partial charge in [-0.15, -0.1) is 0 Å². The lowest BCUT2D eigenvalue weighted by atomic mass is 10.2. The maximum Gasteiger partial charge on any atom is 0.141 e. The molecule has 0 fully saturated rings. The van der Waals surface area contributed by atoms with Crippen LogP contribution in [0, 0.1) is 11.3 Å². The summed E-state index contributed by atoms with van der Waals surface area (Å²) in [7, 11) is 0. The molecule has 0 aromatic heterocycles. The van der Waals surface area contributed by atoms with Crippen molar-refractivity contribution < 1.29 is 0 Å². The lowest BCUT2D eigenvalue weighted by Crippen LogP contribution is -2.04. The van der Waals surface area contributed by atoms with Gasteiger partial charge in [-0.1, -0.05) is 11.6 Å². The number of halogens is 1. The van der Waals surface area contributed by atoms with Gasteiger partial charge in [-0.3, -0.25) is 4.99 Å². The molecule has 0 unspecified atom stereocenters. The van der Waals surface area contributed by atoms with Gasteiger partial charge in [0.05, 0.1) is 6.07 Å². The summed E-state index contributed by atoms with van der Waals surface area (Å²) in [5.41, 5.74) is 0. The first-order valence-corrected chi connectivity index (χ1v) is 2.98. The minimum absolute atomic E-state index is 0.262. The summed E-state index contributed by atoms with van der Waals surface area (Å²) in [5, 5.41) is 9.06. The molecule has 0 aliphatic carbocycles. The molecule has 1 aliphatic heterocycles. The summed E-state index contributed by atoms with van der Waals surface area (Å²) in [6.07, 6.45) is 3.84. The Morgan fingerprint density at radius 1 is 1.89 bits per heavy atom. The smallest absolute Gasteiger partial charge is 0.141 e. The maximum atomic E-state index is 8.36.